The van der Waals surface area contributed by atoms with Gasteiger partial charge in [0.05, 0.1) is 0 Å². The first-order chi connectivity index (χ1) is 5.83. The number of para-hydroxylation sites is 1. The van der Waals surface area contributed by atoms with Gasteiger partial charge in [-0.25, -0.2) is 0 Å². The van der Waals surface area contributed by atoms with Crippen LogP contribution in [0.5, 0.6) is 5.75 Å². The minimum absolute atomic E-state index is 0. The smallest absolute Gasteiger partial charge is 0.316 e. The Balaban J connectivity index is 0.00000144. The van der Waals surface area contributed by atoms with E-state index in [1.807, 2.05) is 30.3 Å². The van der Waals surface area contributed by atoms with E-state index in [0.717, 1.165) is 11.3 Å². The summed E-state index contributed by atoms with van der Waals surface area (Å²) in [6, 6.07) is 9.61. The van der Waals surface area contributed by atoms with E-state index in [-0.39, 0.29) is 23.1 Å². The van der Waals surface area contributed by atoms with Gasteiger partial charge >= 0.3 is 23.1 Å². The van der Waals surface area contributed by atoms with E-state index in [1.165, 1.54) is 0 Å². The molecule has 0 saturated heterocycles. The van der Waals surface area contributed by atoms with Gasteiger partial charge in [-0.15, -0.1) is 11.6 Å². The van der Waals surface area contributed by atoms with E-state index in [4.69, 9.17) is 16.3 Å². The number of alkyl halides is 1. The first-order valence-corrected chi connectivity index (χ1v) is 4.27. The van der Waals surface area contributed by atoms with Gasteiger partial charge in [0, 0.05) is 5.88 Å². The second-order valence-electron chi connectivity index (χ2n) is 2.49. The van der Waals surface area contributed by atoms with Crippen LogP contribution in [0.4, 0.5) is 0 Å². The largest absolute Gasteiger partial charge is 0.489 e. The molecule has 0 bridgehead atoms. The fraction of sp³-hybridized carbons (Fsp3) is 0.200. The third kappa shape index (κ3) is 5.19. The maximum atomic E-state index is 5.54. The standard InChI is InChI=1S/C10H11ClO.Mg.2H/c1-9(7-11)8-12-10-5-3-2-4-6-10;;;/h2-6H,1,7-8H2;;;. The summed E-state index contributed by atoms with van der Waals surface area (Å²) in [5.41, 5.74) is 0.889. The molecule has 13 heavy (non-hydrogen) atoms. The summed E-state index contributed by atoms with van der Waals surface area (Å²) in [6.07, 6.45) is 0. The molecule has 0 spiro atoms. The quantitative estimate of drug-likeness (QED) is 0.418. The monoisotopic (exact) mass is 208 g/mol. The van der Waals surface area contributed by atoms with Gasteiger partial charge in [-0.3, -0.25) is 0 Å². The fourth-order valence-corrected chi connectivity index (χ4v) is 0.818. The SMILES string of the molecule is C=C(CCl)COc1ccccc1.[MgH2]. The van der Waals surface area contributed by atoms with E-state index in [0.29, 0.717) is 12.5 Å². The second kappa shape index (κ2) is 7.24. The van der Waals surface area contributed by atoms with Crippen molar-refractivity contribution in [1.82, 2.24) is 0 Å². The predicted molar refractivity (Wildman–Crippen MR) is 60.3 cm³/mol. The number of rotatable bonds is 4. The highest BCUT2D eigenvalue weighted by atomic mass is 35.5. The van der Waals surface area contributed by atoms with E-state index in [1.54, 1.807) is 0 Å². The van der Waals surface area contributed by atoms with E-state index in [2.05, 4.69) is 6.58 Å². The third-order valence-corrected chi connectivity index (χ3v) is 1.75. The summed E-state index contributed by atoms with van der Waals surface area (Å²) >= 11 is 5.54. The van der Waals surface area contributed by atoms with Crippen LogP contribution in [0.3, 0.4) is 0 Å². The van der Waals surface area contributed by atoms with Gasteiger partial charge in [-0.1, -0.05) is 24.8 Å². The number of benzene rings is 1. The van der Waals surface area contributed by atoms with E-state index >= 15 is 0 Å². The zero-order valence-corrected chi connectivity index (χ0v) is 7.55. The first kappa shape index (κ1) is 12.8. The summed E-state index contributed by atoms with van der Waals surface area (Å²) in [5.74, 6) is 1.30. The summed E-state index contributed by atoms with van der Waals surface area (Å²) in [5, 5.41) is 0. The van der Waals surface area contributed by atoms with Gasteiger partial charge in [0.25, 0.3) is 0 Å². The second-order valence-corrected chi connectivity index (χ2v) is 2.75. The highest BCUT2D eigenvalue weighted by molar-refractivity contribution is 6.19. The summed E-state index contributed by atoms with van der Waals surface area (Å²) in [4.78, 5) is 0. The molecule has 1 aromatic carbocycles. The number of hydrogen-bond acceptors (Lipinski definition) is 1. The molecule has 0 aliphatic heterocycles. The van der Waals surface area contributed by atoms with Crippen LogP contribution < -0.4 is 4.74 Å². The van der Waals surface area contributed by atoms with Crippen molar-refractivity contribution < 1.29 is 4.74 Å². The van der Waals surface area contributed by atoms with Crippen molar-refractivity contribution in [3.63, 3.8) is 0 Å². The lowest BCUT2D eigenvalue weighted by molar-refractivity contribution is 0.353. The number of hydrogen-bond donors (Lipinski definition) is 0. The molecule has 0 aliphatic carbocycles. The molecule has 0 amide bonds. The average molecular weight is 209 g/mol. The topological polar surface area (TPSA) is 9.23 Å². The molecule has 3 heteroatoms. The molecule has 1 aromatic rings. The summed E-state index contributed by atoms with van der Waals surface area (Å²) in [7, 11) is 0. The molecule has 0 aliphatic rings. The average Bonchev–Trinajstić information content (AvgIpc) is 2.16. The van der Waals surface area contributed by atoms with Crippen LogP contribution in [0.1, 0.15) is 0 Å². The van der Waals surface area contributed by atoms with Crippen molar-refractivity contribution >= 4 is 34.7 Å². The van der Waals surface area contributed by atoms with Crippen molar-refractivity contribution in [2.75, 3.05) is 12.5 Å². The van der Waals surface area contributed by atoms with Crippen molar-refractivity contribution in [2.45, 2.75) is 0 Å². The Hall–Kier alpha value is -0.184. The zero-order valence-electron chi connectivity index (χ0n) is 6.79. The highest BCUT2D eigenvalue weighted by Gasteiger charge is 1.93. The number of ether oxygens (including phenoxy) is 1. The lowest BCUT2D eigenvalue weighted by Gasteiger charge is -2.05. The van der Waals surface area contributed by atoms with Crippen LogP contribution >= 0.6 is 11.6 Å². The minimum Gasteiger partial charge on any atom is -0.489 e. The molecule has 0 heterocycles. The third-order valence-electron chi connectivity index (χ3n) is 1.38. The van der Waals surface area contributed by atoms with Gasteiger partial charge in [-0.05, 0) is 17.7 Å². The highest BCUT2D eigenvalue weighted by Crippen LogP contribution is 2.09. The van der Waals surface area contributed by atoms with Gasteiger partial charge in [0.15, 0.2) is 0 Å². The van der Waals surface area contributed by atoms with Crippen LogP contribution in [0.2, 0.25) is 0 Å². The molecule has 0 fully saturated rings. The Kier molecular flexibility index (Phi) is 7.14. The van der Waals surface area contributed by atoms with Crippen molar-refractivity contribution in [3.8, 4) is 5.75 Å². The van der Waals surface area contributed by atoms with Crippen molar-refractivity contribution in [3.05, 3.63) is 42.5 Å². The van der Waals surface area contributed by atoms with Crippen LogP contribution in [0.15, 0.2) is 42.5 Å². The maximum Gasteiger partial charge on any atom is 0.316 e. The van der Waals surface area contributed by atoms with E-state index < -0.39 is 0 Å². The molecule has 0 N–H and O–H groups in total. The molecule has 0 radical (unpaired) electrons. The minimum atomic E-state index is 0. The maximum absolute atomic E-state index is 5.54. The van der Waals surface area contributed by atoms with Crippen LogP contribution in [0, 0.1) is 0 Å². The molecule has 0 saturated carbocycles. The molecule has 0 atom stereocenters. The lowest BCUT2D eigenvalue weighted by atomic mass is 10.3. The Labute approximate surface area is 99.9 Å². The molecule has 1 nitrogen and oxygen atoms in total. The Morgan fingerprint density at radius 2 is 1.92 bits per heavy atom. The van der Waals surface area contributed by atoms with Crippen LogP contribution in [0.25, 0.3) is 0 Å². The Morgan fingerprint density at radius 3 is 2.46 bits per heavy atom. The fourth-order valence-electron chi connectivity index (χ4n) is 0.741. The molecule has 1 rings (SSSR count). The van der Waals surface area contributed by atoms with Crippen LogP contribution in [-0.4, -0.2) is 35.5 Å². The Bertz CT molecular complexity index is 248. The molecular formula is C10H13ClMgO. The zero-order chi connectivity index (χ0) is 8.81. The van der Waals surface area contributed by atoms with Gasteiger partial charge < -0.3 is 4.74 Å². The van der Waals surface area contributed by atoms with Crippen LogP contribution in [-0.2, 0) is 0 Å². The summed E-state index contributed by atoms with van der Waals surface area (Å²) in [6.45, 7) is 4.22. The normalized spacial score (nSPS) is 8.69. The molecular weight excluding hydrogens is 196 g/mol. The molecule has 68 valence electrons. The van der Waals surface area contributed by atoms with Crippen molar-refractivity contribution in [2.24, 2.45) is 0 Å². The van der Waals surface area contributed by atoms with E-state index in [9.17, 15) is 0 Å². The van der Waals surface area contributed by atoms with Gasteiger partial charge in [-0.2, -0.15) is 0 Å². The Morgan fingerprint density at radius 1 is 1.31 bits per heavy atom. The first-order valence-electron chi connectivity index (χ1n) is 3.73. The van der Waals surface area contributed by atoms with Crippen molar-refractivity contribution in [1.29, 1.82) is 0 Å². The van der Waals surface area contributed by atoms with Gasteiger partial charge in [0.2, 0.25) is 0 Å². The van der Waals surface area contributed by atoms with Gasteiger partial charge in [0.1, 0.15) is 12.4 Å². The molecule has 0 aromatic heterocycles. The number of halogens is 1. The molecule has 0 unspecified atom stereocenters. The summed E-state index contributed by atoms with van der Waals surface area (Å²) < 4.78 is 5.37. The predicted octanol–water partition coefficient (Wildman–Crippen LogP) is 1.94. The lowest BCUT2D eigenvalue weighted by Crippen LogP contribution is -2.00.